The molecule has 2 aliphatic carbocycles. The summed E-state index contributed by atoms with van der Waals surface area (Å²) in [7, 11) is 0. The third-order valence-electron chi connectivity index (χ3n) is 5.48. The number of hydrogen-bond donors (Lipinski definition) is 3. The average Bonchev–Trinajstić information content (AvgIpc) is 2.66. The molecular formula is C20H30N4O2. The quantitative estimate of drug-likeness (QED) is 0.722. The number of hydrogen-bond acceptors (Lipinski definition) is 6. The Labute approximate surface area is 156 Å². The van der Waals surface area contributed by atoms with Gasteiger partial charge in [0.1, 0.15) is 17.7 Å². The number of nitrogens with zero attached hydrogens (tertiary/aromatic N) is 2. The van der Waals surface area contributed by atoms with Crippen molar-refractivity contribution in [2.45, 2.75) is 82.6 Å². The van der Waals surface area contributed by atoms with Gasteiger partial charge in [-0.3, -0.25) is 0 Å². The Kier molecular flexibility index (Phi) is 6.70. The van der Waals surface area contributed by atoms with E-state index in [-0.39, 0.29) is 12.1 Å². The van der Waals surface area contributed by atoms with Crippen molar-refractivity contribution in [3.8, 4) is 6.07 Å². The normalized spacial score (nSPS) is 29.0. The van der Waals surface area contributed by atoms with E-state index in [0.717, 1.165) is 63.8 Å². The van der Waals surface area contributed by atoms with E-state index in [1.165, 1.54) is 0 Å². The number of nitriles is 1. The summed E-state index contributed by atoms with van der Waals surface area (Å²) in [5, 5.41) is 26.0. The Hall–Kier alpha value is -1.84. The minimum Gasteiger partial charge on any atom is -0.393 e. The van der Waals surface area contributed by atoms with Crippen LogP contribution in [0.25, 0.3) is 0 Å². The summed E-state index contributed by atoms with van der Waals surface area (Å²) in [4.78, 5) is 4.67. The minimum atomic E-state index is -0.184. The van der Waals surface area contributed by atoms with E-state index < -0.39 is 0 Å². The zero-order valence-corrected chi connectivity index (χ0v) is 15.6. The number of aliphatic hydroxyl groups is 1. The van der Waals surface area contributed by atoms with Crippen molar-refractivity contribution >= 4 is 11.6 Å². The predicted octanol–water partition coefficient (Wildman–Crippen LogP) is 3.43. The molecule has 3 N–H and O–H groups in total. The summed E-state index contributed by atoms with van der Waals surface area (Å²) >= 11 is 0. The Morgan fingerprint density at radius 3 is 2.38 bits per heavy atom. The van der Waals surface area contributed by atoms with Crippen molar-refractivity contribution in [1.29, 1.82) is 5.26 Å². The van der Waals surface area contributed by atoms with Crippen molar-refractivity contribution in [2.75, 3.05) is 17.2 Å². The molecule has 0 saturated heterocycles. The Morgan fingerprint density at radius 2 is 1.73 bits per heavy atom. The van der Waals surface area contributed by atoms with Crippen LogP contribution in [-0.4, -0.2) is 41.0 Å². The molecule has 0 bridgehead atoms. The fourth-order valence-electron chi connectivity index (χ4n) is 3.97. The van der Waals surface area contributed by atoms with Gasteiger partial charge in [-0.05, 0) is 70.4 Å². The van der Waals surface area contributed by atoms with E-state index in [1.54, 1.807) is 0 Å². The molecule has 2 fully saturated rings. The van der Waals surface area contributed by atoms with Crippen LogP contribution in [0.4, 0.5) is 11.6 Å². The molecule has 0 aliphatic heterocycles. The predicted molar refractivity (Wildman–Crippen MR) is 102 cm³/mol. The smallest absolute Gasteiger partial charge is 0.146 e. The molecule has 2 saturated carbocycles. The lowest BCUT2D eigenvalue weighted by atomic mass is 9.93. The summed E-state index contributed by atoms with van der Waals surface area (Å²) in [5.74, 6) is 1.48. The Morgan fingerprint density at radius 1 is 1.08 bits per heavy atom. The molecule has 6 heteroatoms. The highest BCUT2D eigenvalue weighted by Crippen LogP contribution is 2.26. The summed E-state index contributed by atoms with van der Waals surface area (Å²) < 4.78 is 5.72. The lowest BCUT2D eigenvalue weighted by Crippen LogP contribution is -2.31. The molecule has 2 aliphatic rings. The van der Waals surface area contributed by atoms with E-state index in [1.807, 2.05) is 19.1 Å². The van der Waals surface area contributed by atoms with Crippen LogP contribution in [0.2, 0.25) is 0 Å². The highest BCUT2D eigenvalue weighted by Gasteiger charge is 2.23. The first-order valence-corrected chi connectivity index (χ1v) is 9.91. The second kappa shape index (κ2) is 9.20. The lowest BCUT2D eigenvalue weighted by molar-refractivity contribution is 0.0346. The van der Waals surface area contributed by atoms with Crippen molar-refractivity contribution in [1.82, 2.24) is 4.98 Å². The Bertz CT molecular complexity index is 615. The van der Waals surface area contributed by atoms with Crippen LogP contribution >= 0.6 is 0 Å². The van der Waals surface area contributed by atoms with Gasteiger partial charge in [0.2, 0.25) is 0 Å². The van der Waals surface area contributed by atoms with Crippen LogP contribution in [0, 0.1) is 11.3 Å². The van der Waals surface area contributed by atoms with Gasteiger partial charge in [0.25, 0.3) is 0 Å². The fraction of sp³-hybridized carbons (Fsp3) is 0.700. The molecule has 142 valence electrons. The van der Waals surface area contributed by atoms with Gasteiger partial charge >= 0.3 is 0 Å². The second-order valence-corrected chi connectivity index (χ2v) is 7.43. The highest BCUT2D eigenvalue weighted by molar-refractivity contribution is 5.57. The number of aliphatic hydroxyl groups excluding tert-OH is 1. The standard InChI is InChI=1S/C20H30N4O2/c1-2-26-18-10-6-15(7-11-18)22-19-12-3-14(13-21)20(24-19)23-16-4-8-17(25)9-5-16/h3,12,15-18,25H,2,4-11H2,1H3,(H2,22,23,24)/t15-,16-,17-,18-. The maximum absolute atomic E-state index is 9.66. The molecule has 6 nitrogen and oxygen atoms in total. The highest BCUT2D eigenvalue weighted by atomic mass is 16.5. The molecule has 0 radical (unpaired) electrons. The maximum atomic E-state index is 9.66. The zero-order chi connectivity index (χ0) is 18.4. The third kappa shape index (κ3) is 5.09. The molecule has 1 aromatic heterocycles. The van der Waals surface area contributed by atoms with Gasteiger partial charge in [-0.15, -0.1) is 0 Å². The van der Waals surface area contributed by atoms with Crippen LogP contribution in [0.3, 0.4) is 0 Å². The maximum Gasteiger partial charge on any atom is 0.146 e. The van der Waals surface area contributed by atoms with E-state index in [9.17, 15) is 10.4 Å². The number of pyridine rings is 1. The summed E-state index contributed by atoms with van der Waals surface area (Å²) in [6.45, 7) is 2.83. The first kappa shape index (κ1) is 18.9. The van der Waals surface area contributed by atoms with Gasteiger partial charge in [-0.2, -0.15) is 5.26 Å². The number of ether oxygens (including phenoxy) is 1. The van der Waals surface area contributed by atoms with Crippen molar-refractivity contribution in [3.63, 3.8) is 0 Å². The number of rotatable bonds is 6. The largest absolute Gasteiger partial charge is 0.393 e. The SMILES string of the molecule is CCO[C@H]1CC[C@H](Nc2ccc(C#N)c(N[C@H]3CC[C@H](O)CC3)n2)CC1. The number of anilines is 2. The van der Waals surface area contributed by atoms with Gasteiger partial charge < -0.3 is 20.5 Å². The van der Waals surface area contributed by atoms with Crippen LogP contribution < -0.4 is 10.6 Å². The molecule has 0 atom stereocenters. The summed E-state index contributed by atoms with van der Waals surface area (Å²) in [5.41, 5.74) is 0.571. The lowest BCUT2D eigenvalue weighted by Gasteiger charge is -2.30. The summed E-state index contributed by atoms with van der Waals surface area (Å²) in [6.07, 6.45) is 7.96. The zero-order valence-electron chi connectivity index (χ0n) is 15.6. The molecule has 0 spiro atoms. The third-order valence-corrected chi connectivity index (χ3v) is 5.48. The Balaban J connectivity index is 1.59. The molecule has 1 aromatic rings. The van der Waals surface area contributed by atoms with Crippen molar-refractivity contribution in [3.05, 3.63) is 17.7 Å². The fourth-order valence-corrected chi connectivity index (χ4v) is 3.97. The van der Waals surface area contributed by atoms with Gasteiger partial charge in [0.05, 0.1) is 17.8 Å². The van der Waals surface area contributed by atoms with Gasteiger partial charge in [0, 0.05) is 18.7 Å². The second-order valence-electron chi connectivity index (χ2n) is 7.43. The van der Waals surface area contributed by atoms with E-state index >= 15 is 0 Å². The molecule has 0 aromatic carbocycles. The van der Waals surface area contributed by atoms with Crippen LogP contribution in [0.15, 0.2) is 12.1 Å². The molecule has 26 heavy (non-hydrogen) atoms. The van der Waals surface area contributed by atoms with Crippen LogP contribution in [0.5, 0.6) is 0 Å². The summed E-state index contributed by atoms with van der Waals surface area (Å²) in [6, 6.07) is 6.63. The number of nitrogens with one attached hydrogen (secondary N) is 2. The first-order valence-electron chi connectivity index (χ1n) is 9.91. The molecular weight excluding hydrogens is 328 g/mol. The van der Waals surface area contributed by atoms with E-state index in [2.05, 4.69) is 21.7 Å². The van der Waals surface area contributed by atoms with Crippen molar-refractivity contribution < 1.29 is 9.84 Å². The van der Waals surface area contributed by atoms with Gasteiger partial charge in [0.15, 0.2) is 0 Å². The first-order chi connectivity index (χ1) is 12.7. The molecule has 3 rings (SSSR count). The molecule has 1 heterocycles. The van der Waals surface area contributed by atoms with Gasteiger partial charge in [-0.1, -0.05) is 0 Å². The molecule has 0 amide bonds. The number of aromatic nitrogens is 1. The topological polar surface area (TPSA) is 90.2 Å². The monoisotopic (exact) mass is 358 g/mol. The van der Waals surface area contributed by atoms with E-state index in [0.29, 0.717) is 23.5 Å². The minimum absolute atomic E-state index is 0.184. The van der Waals surface area contributed by atoms with Crippen LogP contribution in [-0.2, 0) is 4.74 Å². The van der Waals surface area contributed by atoms with Gasteiger partial charge in [-0.25, -0.2) is 4.98 Å². The molecule has 0 unspecified atom stereocenters. The average molecular weight is 358 g/mol. The van der Waals surface area contributed by atoms with Crippen molar-refractivity contribution in [2.24, 2.45) is 0 Å². The van der Waals surface area contributed by atoms with Crippen LogP contribution in [0.1, 0.15) is 63.9 Å². The van der Waals surface area contributed by atoms with E-state index in [4.69, 9.17) is 4.74 Å².